The highest BCUT2D eigenvalue weighted by Gasteiger charge is 2.18. The molecule has 2 heterocycles. The molecule has 0 unspecified atom stereocenters. The number of fused-ring (bicyclic) bond motifs is 1. The van der Waals surface area contributed by atoms with Gasteiger partial charge in [-0.2, -0.15) is 0 Å². The van der Waals surface area contributed by atoms with E-state index in [1.54, 1.807) is 22.0 Å². The van der Waals surface area contributed by atoms with Gasteiger partial charge in [0.15, 0.2) is 5.16 Å². The molecule has 3 nitrogen and oxygen atoms in total. The Kier molecular flexibility index (Phi) is 5.76. The van der Waals surface area contributed by atoms with E-state index in [-0.39, 0.29) is 5.56 Å². The van der Waals surface area contributed by atoms with Crippen LogP contribution in [-0.4, -0.2) is 9.55 Å². The van der Waals surface area contributed by atoms with Crippen LogP contribution in [-0.2, 0) is 5.75 Å². The molecule has 7 heteroatoms. The summed E-state index contributed by atoms with van der Waals surface area (Å²) < 4.78 is 1.72. The Labute approximate surface area is 187 Å². The summed E-state index contributed by atoms with van der Waals surface area (Å²) in [6.07, 6.45) is 0. The first-order valence-corrected chi connectivity index (χ1v) is 11.6. The lowest BCUT2D eigenvalue weighted by Gasteiger charge is -2.13. The lowest BCUT2D eigenvalue weighted by molar-refractivity contribution is 0.821. The average molecular weight is 461 g/mol. The molecule has 29 heavy (non-hydrogen) atoms. The first kappa shape index (κ1) is 20.5. The highest BCUT2D eigenvalue weighted by atomic mass is 35.5. The van der Waals surface area contributed by atoms with Gasteiger partial charge < -0.3 is 0 Å². The molecule has 4 aromatic rings. The number of aromatic nitrogens is 2. The van der Waals surface area contributed by atoms with Gasteiger partial charge in [-0.3, -0.25) is 9.36 Å². The van der Waals surface area contributed by atoms with Crippen LogP contribution in [0.3, 0.4) is 0 Å². The third-order valence-corrected chi connectivity index (χ3v) is 7.63. The number of hydrogen-bond acceptors (Lipinski definition) is 4. The standard InChI is InChI=1S/C22H18Cl2N2OS2/c1-12-5-4-6-16(9-12)26-21(27)19-13(2)14(3)29-20(19)25-22(26)28-11-15-7-8-17(23)18(24)10-15/h4-10H,11H2,1-3H3. The van der Waals surface area contributed by atoms with Crippen LogP contribution in [0.1, 0.15) is 21.6 Å². The van der Waals surface area contributed by atoms with Gasteiger partial charge in [0.05, 0.1) is 21.1 Å². The maximum Gasteiger partial charge on any atom is 0.267 e. The SMILES string of the molecule is Cc1cccc(-n2c(SCc3ccc(Cl)c(Cl)c3)nc3sc(C)c(C)c3c2=O)c1. The van der Waals surface area contributed by atoms with Gasteiger partial charge in [-0.25, -0.2) is 4.98 Å². The monoisotopic (exact) mass is 460 g/mol. The van der Waals surface area contributed by atoms with Gasteiger partial charge in [-0.1, -0.05) is 53.2 Å². The van der Waals surface area contributed by atoms with Gasteiger partial charge >= 0.3 is 0 Å². The number of nitrogens with zero attached hydrogens (tertiary/aromatic N) is 2. The minimum atomic E-state index is -0.0286. The second kappa shape index (κ2) is 8.15. The van der Waals surface area contributed by atoms with Crippen LogP contribution in [0.25, 0.3) is 15.9 Å². The summed E-state index contributed by atoms with van der Waals surface area (Å²) in [4.78, 5) is 20.2. The predicted molar refractivity (Wildman–Crippen MR) is 125 cm³/mol. The largest absolute Gasteiger partial charge is 0.268 e. The maximum atomic E-state index is 13.5. The molecule has 148 valence electrons. The molecule has 2 aromatic carbocycles. The molecule has 0 aliphatic heterocycles. The van der Waals surface area contributed by atoms with E-state index in [0.29, 0.717) is 26.3 Å². The minimum Gasteiger partial charge on any atom is -0.268 e. The van der Waals surface area contributed by atoms with Crippen molar-refractivity contribution in [1.82, 2.24) is 9.55 Å². The van der Waals surface area contributed by atoms with Crippen LogP contribution in [0.2, 0.25) is 10.0 Å². The van der Waals surface area contributed by atoms with Gasteiger partial charge in [0.2, 0.25) is 0 Å². The number of rotatable bonds is 4. The molecule has 4 rings (SSSR count). The summed E-state index contributed by atoms with van der Waals surface area (Å²) >= 11 is 15.3. The Hall–Kier alpha value is -1.79. The van der Waals surface area contributed by atoms with Crippen molar-refractivity contribution in [1.29, 1.82) is 0 Å². The van der Waals surface area contributed by atoms with E-state index in [9.17, 15) is 4.79 Å². The number of aryl methyl sites for hydroxylation is 3. The number of halogens is 2. The van der Waals surface area contributed by atoms with Crippen LogP contribution in [0, 0.1) is 20.8 Å². The van der Waals surface area contributed by atoms with E-state index in [0.717, 1.165) is 32.1 Å². The molecule has 2 aromatic heterocycles. The molecule has 0 spiro atoms. The highest BCUT2D eigenvalue weighted by molar-refractivity contribution is 7.98. The Morgan fingerprint density at radius 3 is 2.59 bits per heavy atom. The number of hydrogen-bond donors (Lipinski definition) is 0. The predicted octanol–water partition coefficient (Wildman–Crippen LogP) is 6.97. The van der Waals surface area contributed by atoms with Gasteiger partial charge in [-0.15, -0.1) is 11.3 Å². The van der Waals surface area contributed by atoms with Gasteiger partial charge in [-0.05, 0) is 61.7 Å². The first-order chi connectivity index (χ1) is 13.8. The number of benzene rings is 2. The van der Waals surface area contributed by atoms with E-state index >= 15 is 0 Å². The molecule has 0 aliphatic carbocycles. The Bertz CT molecular complexity index is 1290. The fourth-order valence-corrected chi connectivity index (χ4v) is 5.49. The maximum absolute atomic E-state index is 13.5. The third kappa shape index (κ3) is 3.97. The zero-order valence-corrected chi connectivity index (χ0v) is 19.3. The molecular weight excluding hydrogens is 443 g/mol. The summed E-state index contributed by atoms with van der Waals surface area (Å²) in [6, 6.07) is 13.5. The zero-order chi connectivity index (χ0) is 20.7. The highest BCUT2D eigenvalue weighted by Crippen LogP contribution is 2.32. The molecule has 0 atom stereocenters. The molecule has 0 radical (unpaired) electrons. The van der Waals surface area contributed by atoms with Crippen molar-refractivity contribution in [3.05, 3.63) is 84.4 Å². The summed E-state index contributed by atoms with van der Waals surface area (Å²) in [5.74, 6) is 0.629. The number of thiophene rings is 1. The number of thioether (sulfide) groups is 1. The fourth-order valence-electron chi connectivity index (χ4n) is 3.14. The smallest absolute Gasteiger partial charge is 0.267 e. The van der Waals surface area contributed by atoms with Crippen molar-refractivity contribution in [3.63, 3.8) is 0 Å². The second-order valence-corrected chi connectivity index (χ2v) is 9.83. The Balaban J connectivity index is 1.86. The summed E-state index contributed by atoms with van der Waals surface area (Å²) in [5, 5.41) is 2.42. The van der Waals surface area contributed by atoms with Crippen LogP contribution < -0.4 is 5.56 Å². The van der Waals surface area contributed by atoms with Crippen molar-refractivity contribution in [2.24, 2.45) is 0 Å². The van der Waals surface area contributed by atoms with Crippen LogP contribution in [0.15, 0.2) is 52.4 Å². The van der Waals surface area contributed by atoms with Crippen LogP contribution >= 0.6 is 46.3 Å². The van der Waals surface area contributed by atoms with Gasteiger partial charge in [0.1, 0.15) is 4.83 Å². The van der Waals surface area contributed by atoms with E-state index in [1.807, 2.05) is 57.2 Å². The molecule has 0 saturated carbocycles. The van der Waals surface area contributed by atoms with E-state index in [4.69, 9.17) is 28.2 Å². The van der Waals surface area contributed by atoms with Crippen LogP contribution in [0.5, 0.6) is 0 Å². The lowest BCUT2D eigenvalue weighted by atomic mass is 10.2. The first-order valence-electron chi connectivity index (χ1n) is 9.01. The second-order valence-electron chi connectivity index (χ2n) is 6.87. The summed E-state index contributed by atoms with van der Waals surface area (Å²) in [5.41, 5.74) is 3.91. The van der Waals surface area contributed by atoms with Gasteiger partial charge in [0, 0.05) is 10.6 Å². The van der Waals surface area contributed by atoms with Gasteiger partial charge in [0.25, 0.3) is 5.56 Å². The summed E-state index contributed by atoms with van der Waals surface area (Å²) in [6.45, 7) is 6.03. The Morgan fingerprint density at radius 1 is 1.07 bits per heavy atom. The fraction of sp³-hybridized carbons (Fsp3) is 0.182. The van der Waals surface area contributed by atoms with E-state index in [2.05, 4.69) is 0 Å². The van der Waals surface area contributed by atoms with Crippen molar-refractivity contribution in [2.45, 2.75) is 31.7 Å². The van der Waals surface area contributed by atoms with E-state index < -0.39 is 0 Å². The van der Waals surface area contributed by atoms with Crippen molar-refractivity contribution in [3.8, 4) is 5.69 Å². The molecular formula is C22H18Cl2N2OS2. The molecule has 0 amide bonds. The summed E-state index contributed by atoms with van der Waals surface area (Å²) in [7, 11) is 0. The molecule has 0 N–H and O–H groups in total. The van der Waals surface area contributed by atoms with E-state index in [1.165, 1.54) is 11.8 Å². The third-order valence-electron chi connectivity index (χ3n) is 4.78. The van der Waals surface area contributed by atoms with Crippen LogP contribution in [0.4, 0.5) is 0 Å². The van der Waals surface area contributed by atoms with Crippen molar-refractivity contribution in [2.75, 3.05) is 0 Å². The normalized spacial score (nSPS) is 11.3. The molecule has 0 fully saturated rings. The molecule has 0 aliphatic rings. The average Bonchev–Trinajstić information content (AvgIpc) is 2.96. The molecule has 0 saturated heterocycles. The van der Waals surface area contributed by atoms with Crippen molar-refractivity contribution < 1.29 is 0 Å². The minimum absolute atomic E-state index is 0.0286. The van der Waals surface area contributed by atoms with Crippen molar-refractivity contribution >= 4 is 56.5 Å². The lowest BCUT2D eigenvalue weighted by Crippen LogP contribution is -2.21. The Morgan fingerprint density at radius 2 is 1.86 bits per heavy atom. The molecule has 0 bridgehead atoms. The quantitative estimate of drug-likeness (QED) is 0.243. The zero-order valence-electron chi connectivity index (χ0n) is 16.1. The topological polar surface area (TPSA) is 34.9 Å².